The van der Waals surface area contributed by atoms with Gasteiger partial charge in [0.15, 0.2) is 0 Å². The Balaban J connectivity index is 4.44. The van der Waals surface area contributed by atoms with Crippen LogP contribution in [0.4, 0.5) is 9.59 Å². The minimum atomic E-state index is -1.07. The van der Waals surface area contributed by atoms with Gasteiger partial charge in [0.2, 0.25) is 0 Å². The van der Waals surface area contributed by atoms with Crippen molar-refractivity contribution in [2.75, 3.05) is 7.11 Å². The van der Waals surface area contributed by atoms with Crippen LogP contribution in [0.25, 0.3) is 0 Å². The number of urea groups is 2. The fraction of sp³-hybridized carbons (Fsp3) is 0.571. The van der Waals surface area contributed by atoms with Crippen molar-refractivity contribution in [2.45, 2.75) is 19.1 Å². The number of primary amides is 1. The van der Waals surface area contributed by atoms with Crippen LogP contribution in [0.15, 0.2) is 0 Å². The Hall–Kier alpha value is -1.44. The highest BCUT2D eigenvalue weighted by molar-refractivity contribution is 7.98. The van der Waals surface area contributed by atoms with Crippen LogP contribution in [0.3, 0.4) is 0 Å². The summed E-state index contributed by atoms with van der Waals surface area (Å²) in [4.78, 5) is 22.6. The molecule has 86 valence electrons. The second-order valence-corrected chi connectivity index (χ2v) is 4.14. The molecule has 0 saturated heterocycles. The number of hydrogen-bond donors (Lipinski definition) is 3. The van der Waals surface area contributed by atoms with E-state index in [0.717, 1.165) is 11.9 Å². The molecular formula is C7H14N4O3S. The Bertz CT molecular complexity index is 269. The SMILES string of the molecule is COC(=N)N(C(N)=O)C(=O)NSC(C)C. The largest absolute Gasteiger partial charge is 0.468 e. The third kappa shape index (κ3) is 4.54. The van der Waals surface area contributed by atoms with E-state index in [4.69, 9.17) is 11.1 Å². The van der Waals surface area contributed by atoms with Crippen molar-refractivity contribution in [3.63, 3.8) is 0 Å². The molecule has 4 amide bonds. The van der Waals surface area contributed by atoms with Gasteiger partial charge in [-0.15, -0.1) is 0 Å². The highest BCUT2D eigenvalue weighted by Gasteiger charge is 2.24. The van der Waals surface area contributed by atoms with Crippen molar-refractivity contribution in [3.8, 4) is 0 Å². The number of amides is 4. The predicted molar refractivity (Wildman–Crippen MR) is 57.4 cm³/mol. The van der Waals surface area contributed by atoms with E-state index in [1.165, 1.54) is 7.11 Å². The molecule has 0 heterocycles. The highest BCUT2D eigenvalue weighted by atomic mass is 32.2. The summed E-state index contributed by atoms with van der Waals surface area (Å²) in [7, 11) is 1.17. The predicted octanol–water partition coefficient (Wildman–Crippen LogP) is 0.714. The van der Waals surface area contributed by atoms with Gasteiger partial charge in [-0.3, -0.25) is 10.1 Å². The number of nitrogens with two attached hydrogens (primary N) is 1. The Morgan fingerprint density at radius 2 is 2.07 bits per heavy atom. The molecule has 0 aliphatic carbocycles. The standard InChI is InChI=1S/C7H14N4O3S/c1-4(2)15-10-7(13)11(5(8)12)6(9)14-3/h4,9H,1-3H3,(H2,8,12)(H,10,13). The molecule has 0 radical (unpaired) electrons. The molecule has 0 unspecified atom stereocenters. The zero-order valence-corrected chi connectivity index (χ0v) is 9.55. The van der Waals surface area contributed by atoms with Crippen molar-refractivity contribution in [1.82, 2.24) is 9.62 Å². The van der Waals surface area contributed by atoms with Gasteiger partial charge in [0.1, 0.15) is 0 Å². The van der Waals surface area contributed by atoms with E-state index in [1.807, 2.05) is 13.8 Å². The average Bonchev–Trinajstić information content (AvgIpc) is 2.14. The molecule has 0 saturated carbocycles. The molecule has 0 bridgehead atoms. The van der Waals surface area contributed by atoms with Crippen molar-refractivity contribution in [3.05, 3.63) is 0 Å². The summed E-state index contributed by atoms with van der Waals surface area (Å²) in [5, 5.41) is 7.33. The van der Waals surface area contributed by atoms with Gasteiger partial charge >= 0.3 is 18.1 Å². The summed E-state index contributed by atoms with van der Waals surface area (Å²) in [6, 6.07) is -2.49. The number of amidine groups is 1. The lowest BCUT2D eigenvalue weighted by atomic mass is 10.6. The van der Waals surface area contributed by atoms with Crippen molar-refractivity contribution in [1.29, 1.82) is 5.41 Å². The Morgan fingerprint density at radius 1 is 1.53 bits per heavy atom. The maximum atomic E-state index is 11.4. The number of carbonyl (C=O) groups is 2. The van der Waals surface area contributed by atoms with Gasteiger partial charge in [-0.25, -0.2) is 9.59 Å². The lowest BCUT2D eigenvalue weighted by Gasteiger charge is -2.17. The van der Waals surface area contributed by atoms with Crippen molar-refractivity contribution < 1.29 is 14.3 Å². The van der Waals surface area contributed by atoms with Gasteiger partial charge in [0.25, 0.3) is 0 Å². The number of rotatable bonds is 2. The van der Waals surface area contributed by atoms with E-state index < -0.39 is 18.1 Å². The van der Waals surface area contributed by atoms with Crippen LogP contribution in [0.2, 0.25) is 0 Å². The van der Waals surface area contributed by atoms with E-state index >= 15 is 0 Å². The fourth-order valence-electron chi connectivity index (χ4n) is 0.598. The molecule has 0 aliphatic heterocycles. The molecule has 7 nitrogen and oxygen atoms in total. The Kier molecular flexibility index (Phi) is 5.53. The molecule has 15 heavy (non-hydrogen) atoms. The van der Waals surface area contributed by atoms with E-state index in [1.54, 1.807) is 0 Å². The van der Waals surface area contributed by atoms with Crippen LogP contribution in [0.5, 0.6) is 0 Å². The second kappa shape index (κ2) is 6.12. The molecule has 4 N–H and O–H groups in total. The van der Waals surface area contributed by atoms with Crippen LogP contribution >= 0.6 is 11.9 Å². The summed E-state index contributed by atoms with van der Waals surface area (Å²) in [5.74, 6) is 0. The first-order chi connectivity index (χ1) is 6.90. The number of nitrogens with one attached hydrogen (secondary N) is 2. The van der Waals surface area contributed by atoms with Crippen LogP contribution in [-0.2, 0) is 4.74 Å². The third-order valence-electron chi connectivity index (χ3n) is 1.20. The van der Waals surface area contributed by atoms with Crippen LogP contribution in [0, 0.1) is 5.41 Å². The number of hydrogen-bond acceptors (Lipinski definition) is 5. The van der Waals surface area contributed by atoms with Gasteiger partial charge in [-0.05, 0) is 11.9 Å². The molecule has 0 spiro atoms. The van der Waals surface area contributed by atoms with Gasteiger partial charge in [-0.2, -0.15) is 4.90 Å². The molecule has 0 aliphatic rings. The smallest absolute Gasteiger partial charge is 0.343 e. The minimum absolute atomic E-state index is 0.153. The molecule has 0 aromatic heterocycles. The molecule has 0 aromatic rings. The molecule has 0 atom stereocenters. The summed E-state index contributed by atoms with van der Waals surface area (Å²) in [6.07, 6.45) is 0. The quantitative estimate of drug-likeness (QED) is 0.371. The lowest BCUT2D eigenvalue weighted by Crippen LogP contribution is -2.48. The number of methoxy groups -OCH3 is 1. The number of imide groups is 1. The van der Waals surface area contributed by atoms with Gasteiger partial charge < -0.3 is 10.5 Å². The van der Waals surface area contributed by atoms with Crippen LogP contribution in [0.1, 0.15) is 13.8 Å². The minimum Gasteiger partial charge on any atom is -0.468 e. The lowest BCUT2D eigenvalue weighted by molar-refractivity contribution is 0.203. The van der Waals surface area contributed by atoms with Crippen molar-refractivity contribution >= 4 is 30.0 Å². The molecule has 8 heteroatoms. The maximum Gasteiger partial charge on any atom is 0.343 e. The summed E-state index contributed by atoms with van der Waals surface area (Å²) in [6.45, 7) is 3.72. The monoisotopic (exact) mass is 234 g/mol. The first kappa shape index (κ1) is 13.6. The molecule has 0 fully saturated rings. The second-order valence-electron chi connectivity index (χ2n) is 2.76. The topological polar surface area (TPSA) is 109 Å². The first-order valence-corrected chi connectivity index (χ1v) is 4.95. The van der Waals surface area contributed by atoms with Gasteiger partial charge in [0.05, 0.1) is 7.11 Å². The summed E-state index contributed by atoms with van der Waals surface area (Å²) in [5.41, 5.74) is 4.92. The van der Waals surface area contributed by atoms with Gasteiger partial charge in [-0.1, -0.05) is 13.8 Å². The van der Waals surface area contributed by atoms with Crippen LogP contribution < -0.4 is 10.5 Å². The highest BCUT2D eigenvalue weighted by Crippen LogP contribution is 2.05. The van der Waals surface area contributed by atoms with E-state index in [0.29, 0.717) is 4.90 Å². The summed E-state index contributed by atoms with van der Waals surface area (Å²) < 4.78 is 6.80. The number of ether oxygens (including phenoxy) is 1. The van der Waals surface area contributed by atoms with Gasteiger partial charge in [0, 0.05) is 5.25 Å². The number of nitrogens with zero attached hydrogens (tertiary/aromatic N) is 1. The zero-order valence-electron chi connectivity index (χ0n) is 8.73. The van der Waals surface area contributed by atoms with Crippen LogP contribution in [-0.4, -0.2) is 35.3 Å². The van der Waals surface area contributed by atoms with Crippen molar-refractivity contribution in [2.24, 2.45) is 5.73 Å². The van der Waals surface area contributed by atoms with E-state index in [2.05, 4.69) is 9.46 Å². The average molecular weight is 234 g/mol. The number of carbonyl (C=O) groups excluding carboxylic acids is 2. The Labute approximate surface area is 92.0 Å². The van der Waals surface area contributed by atoms with E-state index in [-0.39, 0.29) is 5.25 Å². The van der Waals surface area contributed by atoms with E-state index in [9.17, 15) is 9.59 Å². The summed E-state index contributed by atoms with van der Waals surface area (Å²) >= 11 is 1.11. The Morgan fingerprint density at radius 3 is 2.40 bits per heavy atom. The maximum absolute atomic E-state index is 11.4. The molecule has 0 aromatic carbocycles. The first-order valence-electron chi connectivity index (χ1n) is 4.07. The molecular weight excluding hydrogens is 220 g/mol. The third-order valence-corrected chi connectivity index (χ3v) is 1.97. The fourth-order valence-corrected chi connectivity index (χ4v) is 1.03. The normalized spacial score (nSPS) is 9.60. The zero-order chi connectivity index (χ0) is 12.0. The molecule has 0 rings (SSSR count).